The van der Waals surface area contributed by atoms with Crippen molar-refractivity contribution in [3.05, 3.63) is 29.8 Å². The zero-order valence-corrected chi connectivity index (χ0v) is 14.4. The largest absolute Gasteiger partial charge is 0.497 e. The molecule has 1 heterocycles. The molecule has 6 heteroatoms. The van der Waals surface area contributed by atoms with Gasteiger partial charge in [-0.1, -0.05) is 32.9 Å². The minimum Gasteiger partial charge on any atom is -0.497 e. The van der Waals surface area contributed by atoms with Crippen molar-refractivity contribution in [3.63, 3.8) is 0 Å². The summed E-state index contributed by atoms with van der Waals surface area (Å²) >= 11 is 0. The molecule has 2 rings (SSSR count). The predicted octanol–water partition coefficient (Wildman–Crippen LogP) is 2.18. The fourth-order valence-electron chi connectivity index (χ4n) is 2.87. The molecule has 0 bridgehead atoms. The topological polar surface area (TPSA) is 66.8 Å². The van der Waals surface area contributed by atoms with E-state index in [-0.39, 0.29) is 23.8 Å². The zero-order valence-electron chi connectivity index (χ0n) is 13.6. The fraction of sp³-hybridized carbons (Fsp3) is 0.625. The molecule has 1 aromatic rings. The van der Waals surface area contributed by atoms with Gasteiger partial charge in [-0.15, -0.1) is 0 Å². The van der Waals surface area contributed by atoms with Crippen molar-refractivity contribution in [3.8, 4) is 5.75 Å². The van der Waals surface area contributed by atoms with Gasteiger partial charge in [0.25, 0.3) is 0 Å². The standard InChI is InChI=1S/C16H25NO4S/c1-16(2,3)11-22(19,20)17-10-13(18)9-15(17)12-6-5-7-14(8-12)21-4/h5-8,13,15,18H,9-11H2,1-4H3. The number of nitrogens with zero attached hydrogens (tertiary/aromatic N) is 1. The Hall–Kier alpha value is -1.11. The maximum Gasteiger partial charge on any atom is 0.215 e. The average Bonchev–Trinajstić information content (AvgIpc) is 2.79. The van der Waals surface area contributed by atoms with Crippen molar-refractivity contribution in [1.82, 2.24) is 4.31 Å². The Balaban J connectivity index is 2.33. The van der Waals surface area contributed by atoms with Gasteiger partial charge < -0.3 is 9.84 Å². The molecular weight excluding hydrogens is 302 g/mol. The lowest BCUT2D eigenvalue weighted by molar-refractivity contribution is 0.188. The van der Waals surface area contributed by atoms with Crippen LogP contribution in [0.2, 0.25) is 0 Å². The lowest BCUT2D eigenvalue weighted by Gasteiger charge is -2.28. The minimum atomic E-state index is -3.43. The van der Waals surface area contributed by atoms with Crippen LogP contribution in [0.15, 0.2) is 24.3 Å². The minimum absolute atomic E-state index is 0.0627. The summed E-state index contributed by atoms with van der Waals surface area (Å²) in [7, 11) is -1.85. The van der Waals surface area contributed by atoms with E-state index in [0.717, 1.165) is 5.56 Å². The molecule has 0 amide bonds. The predicted molar refractivity (Wildman–Crippen MR) is 86.3 cm³/mol. The Labute approximate surface area is 133 Å². The molecule has 1 N–H and O–H groups in total. The van der Waals surface area contributed by atoms with Gasteiger partial charge >= 0.3 is 0 Å². The summed E-state index contributed by atoms with van der Waals surface area (Å²) in [5, 5.41) is 9.98. The van der Waals surface area contributed by atoms with E-state index in [4.69, 9.17) is 4.74 Å². The third kappa shape index (κ3) is 4.00. The summed E-state index contributed by atoms with van der Waals surface area (Å²) in [6.07, 6.45) is -0.220. The molecular formula is C16H25NO4S. The van der Waals surface area contributed by atoms with Crippen molar-refractivity contribution in [2.24, 2.45) is 5.41 Å². The van der Waals surface area contributed by atoms with Crippen LogP contribution in [0, 0.1) is 5.41 Å². The Morgan fingerprint density at radius 2 is 2.05 bits per heavy atom. The average molecular weight is 327 g/mol. The van der Waals surface area contributed by atoms with Crippen molar-refractivity contribution < 1.29 is 18.3 Å². The monoisotopic (exact) mass is 327 g/mol. The van der Waals surface area contributed by atoms with Crippen LogP contribution in [0.3, 0.4) is 0 Å². The molecule has 124 valence electrons. The van der Waals surface area contributed by atoms with Gasteiger partial charge in [-0.3, -0.25) is 0 Å². The molecule has 0 aromatic heterocycles. The molecule has 0 spiro atoms. The number of β-amino-alcohol motifs (C(OH)–C–C–N with tert-alkyl or cyclic N) is 1. The Morgan fingerprint density at radius 1 is 1.36 bits per heavy atom. The number of rotatable bonds is 4. The third-order valence-corrected chi connectivity index (χ3v) is 6.03. The van der Waals surface area contributed by atoms with Gasteiger partial charge in [0.2, 0.25) is 10.0 Å². The van der Waals surface area contributed by atoms with Crippen LogP contribution < -0.4 is 4.74 Å². The van der Waals surface area contributed by atoms with Crippen LogP contribution in [-0.2, 0) is 10.0 Å². The number of hydrogen-bond acceptors (Lipinski definition) is 4. The molecule has 22 heavy (non-hydrogen) atoms. The van der Waals surface area contributed by atoms with E-state index in [1.165, 1.54) is 4.31 Å². The van der Waals surface area contributed by atoms with Crippen molar-refractivity contribution in [2.45, 2.75) is 39.3 Å². The molecule has 0 aliphatic carbocycles. The second kappa shape index (κ2) is 6.18. The van der Waals surface area contributed by atoms with Crippen LogP contribution >= 0.6 is 0 Å². The molecule has 1 saturated heterocycles. The van der Waals surface area contributed by atoms with Gasteiger partial charge in [-0.2, -0.15) is 4.31 Å². The molecule has 2 unspecified atom stereocenters. The van der Waals surface area contributed by atoms with Crippen LogP contribution in [-0.4, -0.2) is 43.3 Å². The summed E-state index contributed by atoms with van der Waals surface area (Å²) in [6.45, 7) is 5.85. The lowest BCUT2D eigenvalue weighted by atomic mass is 10.0. The highest BCUT2D eigenvalue weighted by Crippen LogP contribution is 2.37. The van der Waals surface area contributed by atoms with Crippen LogP contribution in [0.4, 0.5) is 0 Å². The van der Waals surface area contributed by atoms with Crippen molar-refractivity contribution in [1.29, 1.82) is 0 Å². The van der Waals surface area contributed by atoms with E-state index < -0.39 is 16.1 Å². The summed E-state index contributed by atoms with van der Waals surface area (Å²) in [5.41, 5.74) is 0.527. The summed E-state index contributed by atoms with van der Waals surface area (Å²) in [6, 6.07) is 7.04. The highest BCUT2D eigenvalue weighted by atomic mass is 32.2. The number of ether oxygens (including phenoxy) is 1. The molecule has 2 atom stereocenters. The van der Waals surface area contributed by atoms with E-state index in [1.807, 2.05) is 45.0 Å². The van der Waals surface area contributed by atoms with Gasteiger partial charge in [0.15, 0.2) is 0 Å². The maximum absolute atomic E-state index is 12.7. The Morgan fingerprint density at radius 3 is 2.64 bits per heavy atom. The van der Waals surface area contributed by atoms with Gasteiger partial charge in [-0.05, 0) is 29.5 Å². The maximum atomic E-state index is 12.7. The van der Waals surface area contributed by atoms with Crippen LogP contribution in [0.1, 0.15) is 38.8 Å². The van der Waals surface area contributed by atoms with Crippen molar-refractivity contribution >= 4 is 10.0 Å². The zero-order chi connectivity index (χ0) is 16.5. The molecule has 1 aromatic carbocycles. The number of aliphatic hydroxyl groups excluding tert-OH is 1. The Bertz CT molecular complexity index is 621. The first kappa shape index (κ1) is 17.2. The first-order chi connectivity index (χ1) is 10.1. The summed E-state index contributed by atoms with van der Waals surface area (Å²) in [4.78, 5) is 0. The third-order valence-electron chi connectivity index (χ3n) is 3.68. The normalized spacial score (nSPS) is 23.7. The SMILES string of the molecule is COc1cccc(C2CC(O)CN2S(=O)(=O)CC(C)(C)C)c1. The smallest absolute Gasteiger partial charge is 0.215 e. The number of hydrogen-bond donors (Lipinski definition) is 1. The first-order valence-electron chi connectivity index (χ1n) is 7.44. The fourth-order valence-corrected chi connectivity index (χ4v) is 5.13. The molecule has 1 aliphatic heterocycles. The molecule has 0 radical (unpaired) electrons. The lowest BCUT2D eigenvalue weighted by Crippen LogP contribution is -2.37. The van der Waals surface area contributed by atoms with Gasteiger partial charge in [0.05, 0.1) is 25.0 Å². The second-order valence-electron chi connectivity index (χ2n) is 7.07. The van der Waals surface area contributed by atoms with Gasteiger partial charge in [0, 0.05) is 6.54 Å². The number of methoxy groups -OCH3 is 1. The van der Waals surface area contributed by atoms with Gasteiger partial charge in [0.1, 0.15) is 5.75 Å². The first-order valence-corrected chi connectivity index (χ1v) is 9.05. The molecule has 1 fully saturated rings. The van der Waals surface area contributed by atoms with Crippen LogP contribution in [0.25, 0.3) is 0 Å². The van der Waals surface area contributed by atoms with E-state index in [1.54, 1.807) is 7.11 Å². The van der Waals surface area contributed by atoms with E-state index >= 15 is 0 Å². The molecule has 5 nitrogen and oxygen atoms in total. The summed E-state index contributed by atoms with van der Waals surface area (Å²) in [5.74, 6) is 0.750. The highest BCUT2D eigenvalue weighted by molar-refractivity contribution is 7.89. The number of benzene rings is 1. The van der Waals surface area contributed by atoms with Crippen molar-refractivity contribution in [2.75, 3.05) is 19.4 Å². The van der Waals surface area contributed by atoms with Crippen LogP contribution in [0.5, 0.6) is 5.75 Å². The number of sulfonamides is 1. The Kier molecular flexibility index (Phi) is 4.84. The second-order valence-corrected chi connectivity index (χ2v) is 8.99. The molecule has 1 aliphatic rings. The van der Waals surface area contributed by atoms with E-state index in [2.05, 4.69) is 0 Å². The highest BCUT2D eigenvalue weighted by Gasteiger charge is 2.41. The number of aliphatic hydroxyl groups is 1. The van der Waals surface area contributed by atoms with Gasteiger partial charge in [-0.25, -0.2) is 8.42 Å². The quantitative estimate of drug-likeness (QED) is 0.920. The van der Waals surface area contributed by atoms with E-state index in [9.17, 15) is 13.5 Å². The summed E-state index contributed by atoms with van der Waals surface area (Å²) < 4.78 is 32.1. The van der Waals surface area contributed by atoms with E-state index in [0.29, 0.717) is 12.2 Å². The molecule has 0 saturated carbocycles.